The number of rotatable bonds is 3. The van der Waals surface area contributed by atoms with Gasteiger partial charge in [-0.15, -0.1) is 0 Å². The highest BCUT2D eigenvalue weighted by molar-refractivity contribution is 5.37. The molecule has 1 unspecified atom stereocenters. The van der Waals surface area contributed by atoms with E-state index in [0.29, 0.717) is 17.4 Å². The lowest BCUT2D eigenvalue weighted by molar-refractivity contribution is -0.140. The number of aromatic nitrogens is 1. The maximum Gasteiger partial charge on any atom is 0.419 e. The Bertz CT molecular complexity index is 643. The van der Waals surface area contributed by atoms with Crippen LogP contribution in [0.2, 0.25) is 0 Å². The maximum atomic E-state index is 14.0. The van der Waals surface area contributed by atoms with Gasteiger partial charge in [0.2, 0.25) is 0 Å². The van der Waals surface area contributed by atoms with Crippen LogP contribution in [0.25, 0.3) is 0 Å². The zero-order valence-corrected chi connectivity index (χ0v) is 11.0. The molecule has 1 atom stereocenters. The van der Waals surface area contributed by atoms with E-state index >= 15 is 0 Å². The van der Waals surface area contributed by atoms with Crippen molar-refractivity contribution in [3.63, 3.8) is 0 Å². The van der Waals surface area contributed by atoms with E-state index in [2.05, 4.69) is 4.98 Å². The molecule has 0 amide bonds. The van der Waals surface area contributed by atoms with Gasteiger partial charge in [-0.3, -0.25) is 4.98 Å². The fourth-order valence-corrected chi connectivity index (χ4v) is 1.91. The van der Waals surface area contributed by atoms with Gasteiger partial charge in [-0.25, -0.2) is 4.39 Å². The van der Waals surface area contributed by atoms with E-state index in [1.54, 1.807) is 0 Å². The van der Waals surface area contributed by atoms with E-state index < -0.39 is 23.6 Å². The molecule has 0 fully saturated rings. The molecular formula is C14H12F4N2O. The molecule has 3 nitrogen and oxygen atoms in total. The van der Waals surface area contributed by atoms with E-state index in [-0.39, 0.29) is 5.56 Å². The van der Waals surface area contributed by atoms with Crippen LogP contribution in [-0.4, -0.2) is 12.1 Å². The number of nitrogens with two attached hydrogens (primary N) is 1. The molecule has 0 radical (unpaired) electrons. The first kappa shape index (κ1) is 15.2. The quantitative estimate of drug-likeness (QED) is 0.885. The average Bonchev–Trinajstić information content (AvgIpc) is 2.45. The fraction of sp³-hybridized carbons (Fsp3) is 0.214. The lowest BCUT2D eigenvalue weighted by Crippen LogP contribution is -2.17. The number of ether oxygens (including phenoxy) is 1. The lowest BCUT2D eigenvalue weighted by Gasteiger charge is -2.16. The molecule has 1 aromatic heterocycles. The number of hydrogen-bond acceptors (Lipinski definition) is 3. The molecule has 0 spiro atoms. The van der Waals surface area contributed by atoms with Crippen molar-refractivity contribution in [2.75, 3.05) is 7.11 Å². The third-order valence-electron chi connectivity index (χ3n) is 3.00. The SMILES string of the molecule is COc1cncc(C(N)c2cccc(C(F)(F)F)c2F)c1. The van der Waals surface area contributed by atoms with Crippen molar-refractivity contribution in [3.8, 4) is 5.75 Å². The zero-order chi connectivity index (χ0) is 15.6. The molecule has 2 N–H and O–H groups in total. The van der Waals surface area contributed by atoms with Gasteiger partial charge in [0.05, 0.1) is 24.9 Å². The largest absolute Gasteiger partial charge is 0.495 e. The predicted molar refractivity (Wildman–Crippen MR) is 68.2 cm³/mol. The summed E-state index contributed by atoms with van der Waals surface area (Å²) in [5.74, 6) is -0.990. The predicted octanol–water partition coefficient (Wildman–Crippen LogP) is 3.30. The Labute approximate surface area is 118 Å². The molecule has 1 aromatic carbocycles. The van der Waals surface area contributed by atoms with Gasteiger partial charge in [0.25, 0.3) is 0 Å². The molecule has 0 aliphatic heterocycles. The van der Waals surface area contributed by atoms with Crippen LogP contribution in [0.4, 0.5) is 17.6 Å². The molecule has 112 valence electrons. The van der Waals surface area contributed by atoms with Crippen LogP contribution in [0, 0.1) is 5.82 Å². The summed E-state index contributed by atoms with van der Waals surface area (Å²) >= 11 is 0. The molecule has 0 saturated heterocycles. The molecule has 0 bridgehead atoms. The maximum absolute atomic E-state index is 14.0. The Balaban J connectivity index is 2.46. The van der Waals surface area contributed by atoms with E-state index in [1.165, 1.54) is 31.6 Å². The molecule has 0 saturated carbocycles. The third-order valence-corrected chi connectivity index (χ3v) is 3.00. The summed E-state index contributed by atoms with van der Waals surface area (Å²) in [6.45, 7) is 0. The van der Waals surface area contributed by atoms with E-state index in [9.17, 15) is 17.6 Å². The van der Waals surface area contributed by atoms with Gasteiger partial charge in [0.15, 0.2) is 0 Å². The first-order valence-corrected chi connectivity index (χ1v) is 5.94. The van der Waals surface area contributed by atoms with Crippen molar-refractivity contribution in [1.29, 1.82) is 0 Å². The Hall–Kier alpha value is -2.15. The highest BCUT2D eigenvalue weighted by atomic mass is 19.4. The number of methoxy groups -OCH3 is 1. The van der Waals surface area contributed by atoms with Crippen LogP contribution in [-0.2, 0) is 6.18 Å². The minimum Gasteiger partial charge on any atom is -0.495 e. The first-order chi connectivity index (χ1) is 9.84. The van der Waals surface area contributed by atoms with Gasteiger partial charge in [-0.05, 0) is 17.7 Å². The van der Waals surface area contributed by atoms with Crippen LogP contribution in [0.5, 0.6) is 5.75 Å². The fourth-order valence-electron chi connectivity index (χ4n) is 1.91. The van der Waals surface area contributed by atoms with Crippen molar-refractivity contribution >= 4 is 0 Å². The molecule has 0 aliphatic rings. The van der Waals surface area contributed by atoms with Gasteiger partial charge in [-0.1, -0.05) is 12.1 Å². The molecule has 2 aromatic rings. The minimum absolute atomic E-state index is 0.250. The van der Waals surface area contributed by atoms with Crippen molar-refractivity contribution in [3.05, 3.63) is 59.2 Å². The molecule has 1 heterocycles. The van der Waals surface area contributed by atoms with Gasteiger partial charge >= 0.3 is 6.18 Å². The summed E-state index contributed by atoms with van der Waals surface area (Å²) in [6, 6.07) is 3.44. The van der Waals surface area contributed by atoms with Crippen LogP contribution >= 0.6 is 0 Å². The van der Waals surface area contributed by atoms with Crippen molar-refractivity contribution in [2.24, 2.45) is 5.73 Å². The Morgan fingerprint density at radius 1 is 1.24 bits per heavy atom. The third kappa shape index (κ3) is 3.13. The Morgan fingerprint density at radius 3 is 2.57 bits per heavy atom. The van der Waals surface area contributed by atoms with Crippen molar-refractivity contribution in [2.45, 2.75) is 12.2 Å². The van der Waals surface area contributed by atoms with Crippen LogP contribution in [0.15, 0.2) is 36.7 Å². The standard InChI is InChI=1S/C14H12F4N2O/c1-21-9-5-8(6-20-7-9)13(19)10-3-2-4-11(12(10)15)14(16,17)18/h2-7,13H,19H2,1H3. The number of benzene rings is 1. The minimum atomic E-state index is -4.77. The van der Waals surface area contributed by atoms with E-state index in [1.807, 2.05) is 0 Å². The first-order valence-electron chi connectivity index (χ1n) is 5.94. The second-order valence-electron chi connectivity index (χ2n) is 4.34. The zero-order valence-electron chi connectivity index (χ0n) is 11.0. The molecule has 7 heteroatoms. The van der Waals surface area contributed by atoms with Crippen molar-refractivity contribution in [1.82, 2.24) is 4.98 Å². The molecular weight excluding hydrogens is 288 g/mol. The lowest BCUT2D eigenvalue weighted by atomic mass is 9.98. The van der Waals surface area contributed by atoms with E-state index in [4.69, 9.17) is 10.5 Å². The normalized spacial score (nSPS) is 13.0. The summed E-state index contributed by atoms with van der Waals surface area (Å²) in [4.78, 5) is 3.85. The summed E-state index contributed by atoms with van der Waals surface area (Å²) in [6.07, 6.45) is -2.00. The molecule has 2 rings (SSSR count). The van der Waals surface area contributed by atoms with Gasteiger partial charge < -0.3 is 10.5 Å². The van der Waals surface area contributed by atoms with Gasteiger partial charge in [0, 0.05) is 11.8 Å². The van der Waals surface area contributed by atoms with Crippen LogP contribution in [0.3, 0.4) is 0 Å². The number of halogens is 4. The van der Waals surface area contributed by atoms with Gasteiger partial charge in [-0.2, -0.15) is 13.2 Å². The Morgan fingerprint density at radius 2 is 1.95 bits per heavy atom. The second-order valence-corrected chi connectivity index (χ2v) is 4.34. The summed E-state index contributed by atoms with van der Waals surface area (Å²) in [7, 11) is 1.41. The molecule has 21 heavy (non-hydrogen) atoms. The summed E-state index contributed by atoms with van der Waals surface area (Å²) < 4.78 is 57.1. The number of hydrogen-bond donors (Lipinski definition) is 1. The highest BCUT2D eigenvalue weighted by Gasteiger charge is 2.35. The smallest absolute Gasteiger partial charge is 0.419 e. The monoisotopic (exact) mass is 300 g/mol. The number of alkyl halides is 3. The van der Waals surface area contributed by atoms with E-state index in [0.717, 1.165) is 6.07 Å². The van der Waals surface area contributed by atoms with Gasteiger partial charge in [0.1, 0.15) is 11.6 Å². The summed E-state index contributed by atoms with van der Waals surface area (Å²) in [5.41, 5.74) is 4.61. The summed E-state index contributed by atoms with van der Waals surface area (Å²) in [5, 5.41) is 0. The topological polar surface area (TPSA) is 48.1 Å². The Kier molecular flexibility index (Phi) is 4.13. The van der Waals surface area contributed by atoms with Crippen LogP contribution < -0.4 is 10.5 Å². The average molecular weight is 300 g/mol. The molecule has 0 aliphatic carbocycles. The second kappa shape index (κ2) is 5.69. The number of nitrogens with zero attached hydrogens (tertiary/aromatic N) is 1. The van der Waals surface area contributed by atoms with Crippen molar-refractivity contribution < 1.29 is 22.3 Å². The van der Waals surface area contributed by atoms with Crippen LogP contribution in [0.1, 0.15) is 22.7 Å². The number of pyridine rings is 1. The highest BCUT2D eigenvalue weighted by Crippen LogP contribution is 2.34.